The zero-order chi connectivity index (χ0) is 16.3. The lowest BCUT2D eigenvalue weighted by Gasteiger charge is -2.33. The molecule has 6 nitrogen and oxygen atoms in total. The zero-order valence-corrected chi connectivity index (χ0v) is 14.0. The smallest absolute Gasteiger partial charge is 0.410 e. The zero-order valence-electron chi connectivity index (χ0n) is 13.2. The van der Waals surface area contributed by atoms with Gasteiger partial charge in [0.05, 0.1) is 11.2 Å². The number of aromatic nitrogens is 1. The number of aromatic carboxylic acids is 1. The van der Waals surface area contributed by atoms with E-state index in [4.69, 9.17) is 9.84 Å². The number of carboxylic acids is 1. The second-order valence-corrected chi connectivity index (χ2v) is 7.65. The standard InChI is InChI=1S/C15H22N2O4S/c1-15(2,3)21-14(20)17-6-4-10(5-7-17)8-12-16-9-11(22-12)13(18)19/h9-10H,4-8H2,1-3H3,(H,18,19). The predicted molar refractivity (Wildman–Crippen MR) is 83.3 cm³/mol. The molecule has 22 heavy (non-hydrogen) atoms. The minimum absolute atomic E-state index is 0.256. The lowest BCUT2D eigenvalue weighted by atomic mass is 9.94. The van der Waals surface area contributed by atoms with Crippen LogP contribution in [0.4, 0.5) is 4.79 Å². The molecule has 0 saturated carbocycles. The largest absolute Gasteiger partial charge is 0.477 e. The molecule has 0 aliphatic carbocycles. The van der Waals surface area contributed by atoms with Gasteiger partial charge in [0.1, 0.15) is 10.5 Å². The average molecular weight is 326 g/mol. The first kappa shape index (κ1) is 16.7. The minimum atomic E-state index is -0.927. The number of amides is 1. The Balaban J connectivity index is 1.81. The Morgan fingerprint density at radius 3 is 2.55 bits per heavy atom. The Kier molecular flexibility index (Phi) is 5.05. The predicted octanol–water partition coefficient (Wildman–Crippen LogP) is 3.03. The molecule has 0 radical (unpaired) electrons. The van der Waals surface area contributed by atoms with Crippen molar-refractivity contribution < 1.29 is 19.4 Å². The quantitative estimate of drug-likeness (QED) is 0.923. The maximum absolute atomic E-state index is 12.0. The molecule has 2 heterocycles. The number of rotatable bonds is 3. The van der Waals surface area contributed by atoms with E-state index in [9.17, 15) is 9.59 Å². The summed E-state index contributed by atoms with van der Waals surface area (Å²) in [5.41, 5.74) is -0.470. The van der Waals surface area contributed by atoms with Crippen LogP contribution >= 0.6 is 11.3 Å². The monoisotopic (exact) mass is 326 g/mol. The molecule has 1 amide bonds. The molecule has 1 aliphatic heterocycles. The van der Waals surface area contributed by atoms with Crippen molar-refractivity contribution >= 4 is 23.4 Å². The minimum Gasteiger partial charge on any atom is -0.477 e. The van der Waals surface area contributed by atoms with Crippen LogP contribution in [0, 0.1) is 5.92 Å². The molecule has 0 bridgehead atoms. The highest BCUT2D eigenvalue weighted by molar-refractivity contribution is 7.13. The number of hydrogen-bond acceptors (Lipinski definition) is 5. The van der Waals surface area contributed by atoms with Crippen LogP contribution in [0.2, 0.25) is 0 Å². The van der Waals surface area contributed by atoms with Crippen molar-refractivity contribution in [1.82, 2.24) is 9.88 Å². The fourth-order valence-corrected chi connectivity index (χ4v) is 3.27. The van der Waals surface area contributed by atoms with Crippen molar-refractivity contribution in [3.05, 3.63) is 16.1 Å². The van der Waals surface area contributed by atoms with Crippen molar-refractivity contribution in [3.8, 4) is 0 Å². The Labute approximate surface area is 134 Å². The van der Waals surface area contributed by atoms with Gasteiger partial charge >= 0.3 is 12.1 Å². The molecule has 0 unspecified atom stereocenters. The number of carboxylic acid groups (broad SMARTS) is 1. The van der Waals surface area contributed by atoms with Crippen LogP contribution in [0.5, 0.6) is 0 Å². The lowest BCUT2D eigenvalue weighted by Crippen LogP contribution is -2.42. The van der Waals surface area contributed by atoms with Crippen LogP contribution in [-0.4, -0.2) is 45.7 Å². The van der Waals surface area contributed by atoms with Crippen molar-refractivity contribution in [2.75, 3.05) is 13.1 Å². The molecule has 1 aromatic rings. The second-order valence-electron chi connectivity index (χ2n) is 6.54. The number of nitrogens with zero attached hydrogens (tertiary/aromatic N) is 2. The maximum Gasteiger partial charge on any atom is 0.410 e. The summed E-state index contributed by atoms with van der Waals surface area (Å²) in [5.74, 6) is -0.491. The van der Waals surface area contributed by atoms with Crippen molar-refractivity contribution in [3.63, 3.8) is 0 Å². The Morgan fingerprint density at radius 2 is 2.05 bits per heavy atom. The van der Waals surface area contributed by atoms with E-state index in [0.29, 0.717) is 19.0 Å². The molecule has 1 aromatic heterocycles. The van der Waals surface area contributed by atoms with E-state index in [0.717, 1.165) is 24.3 Å². The van der Waals surface area contributed by atoms with E-state index < -0.39 is 11.6 Å². The molecule has 0 spiro atoms. The van der Waals surface area contributed by atoms with Crippen LogP contribution in [-0.2, 0) is 11.2 Å². The van der Waals surface area contributed by atoms with Crippen LogP contribution in [0.25, 0.3) is 0 Å². The van der Waals surface area contributed by atoms with Gasteiger partial charge in [-0.25, -0.2) is 14.6 Å². The number of ether oxygens (including phenoxy) is 1. The summed E-state index contributed by atoms with van der Waals surface area (Å²) in [6.07, 6.45) is 3.72. The molecule has 1 N–H and O–H groups in total. The van der Waals surface area contributed by atoms with Crippen molar-refractivity contribution in [2.45, 2.75) is 45.6 Å². The lowest BCUT2D eigenvalue weighted by molar-refractivity contribution is 0.0184. The van der Waals surface area contributed by atoms with Gasteiger partial charge in [-0.05, 0) is 39.5 Å². The van der Waals surface area contributed by atoms with E-state index in [-0.39, 0.29) is 11.0 Å². The Hall–Kier alpha value is -1.63. The number of piperidine rings is 1. The van der Waals surface area contributed by atoms with Gasteiger partial charge in [0.2, 0.25) is 0 Å². The summed E-state index contributed by atoms with van der Waals surface area (Å²) in [6.45, 7) is 6.94. The number of carbonyl (C=O) groups is 2. The molecule has 7 heteroatoms. The Bertz CT molecular complexity index is 542. The number of thiazole rings is 1. The number of hydrogen-bond donors (Lipinski definition) is 1. The van der Waals surface area contributed by atoms with Gasteiger partial charge in [-0.2, -0.15) is 0 Å². The molecule has 0 aromatic carbocycles. The van der Waals surface area contributed by atoms with Gasteiger partial charge in [0.25, 0.3) is 0 Å². The summed E-state index contributed by atoms with van der Waals surface area (Å²) in [4.78, 5) is 29.0. The van der Waals surface area contributed by atoms with Crippen LogP contribution in [0.3, 0.4) is 0 Å². The molecular formula is C15H22N2O4S. The normalized spacial score (nSPS) is 16.6. The van der Waals surface area contributed by atoms with Crippen LogP contribution < -0.4 is 0 Å². The van der Waals surface area contributed by atoms with Gasteiger partial charge in [-0.1, -0.05) is 0 Å². The fraction of sp³-hybridized carbons (Fsp3) is 0.667. The topological polar surface area (TPSA) is 79.7 Å². The van der Waals surface area contributed by atoms with Gasteiger partial charge < -0.3 is 14.7 Å². The van der Waals surface area contributed by atoms with E-state index in [1.165, 1.54) is 17.5 Å². The first-order valence-electron chi connectivity index (χ1n) is 7.40. The van der Waals surface area contributed by atoms with Crippen LogP contribution in [0.15, 0.2) is 6.20 Å². The average Bonchev–Trinajstić information content (AvgIpc) is 2.86. The third kappa shape index (κ3) is 4.69. The van der Waals surface area contributed by atoms with Gasteiger partial charge in [-0.3, -0.25) is 0 Å². The van der Waals surface area contributed by atoms with E-state index in [2.05, 4.69) is 4.98 Å². The highest BCUT2D eigenvalue weighted by Crippen LogP contribution is 2.25. The fourth-order valence-electron chi connectivity index (χ4n) is 2.40. The van der Waals surface area contributed by atoms with Gasteiger partial charge in [0.15, 0.2) is 0 Å². The molecule has 1 aliphatic rings. The molecule has 1 saturated heterocycles. The summed E-state index contributed by atoms with van der Waals surface area (Å²) in [7, 11) is 0. The molecule has 0 atom stereocenters. The van der Waals surface area contributed by atoms with Crippen molar-refractivity contribution in [2.24, 2.45) is 5.92 Å². The summed E-state index contributed by atoms with van der Waals surface area (Å²) in [6, 6.07) is 0. The number of likely N-dealkylation sites (tertiary alicyclic amines) is 1. The molecule has 122 valence electrons. The van der Waals surface area contributed by atoms with Crippen molar-refractivity contribution in [1.29, 1.82) is 0 Å². The molecule has 2 rings (SSSR count). The first-order valence-corrected chi connectivity index (χ1v) is 8.22. The summed E-state index contributed by atoms with van der Waals surface area (Å²) in [5, 5.41) is 9.76. The third-order valence-electron chi connectivity index (χ3n) is 3.49. The number of carbonyl (C=O) groups excluding carboxylic acids is 1. The molecular weight excluding hydrogens is 304 g/mol. The highest BCUT2D eigenvalue weighted by Gasteiger charge is 2.27. The van der Waals surface area contributed by atoms with E-state index in [1.54, 1.807) is 4.90 Å². The van der Waals surface area contributed by atoms with Crippen LogP contribution in [0.1, 0.15) is 48.3 Å². The third-order valence-corrected chi connectivity index (χ3v) is 4.50. The highest BCUT2D eigenvalue weighted by atomic mass is 32.1. The van der Waals surface area contributed by atoms with E-state index >= 15 is 0 Å². The second kappa shape index (κ2) is 6.64. The summed E-state index contributed by atoms with van der Waals surface area (Å²) < 4.78 is 5.37. The first-order chi connectivity index (χ1) is 10.2. The SMILES string of the molecule is CC(C)(C)OC(=O)N1CCC(Cc2ncc(C(=O)O)s2)CC1. The maximum atomic E-state index is 12.0. The van der Waals surface area contributed by atoms with Gasteiger partial charge in [-0.15, -0.1) is 11.3 Å². The summed E-state index contributed by atoms with van der Waals surface area (Å²) >= 11 is 1.23. The van der Waals surface area contributed by atoms with E-state index in [1.807, 2.05) is 20.8 Å². The van der Waals surface area contributed by atoms with Gasteiger partial charge in [0, 0.05) is 19.5 Å². The Morgan fingerprint density at radius 1 is 1.41 bits per heavy atom. The molecule has 1 fully saturated rings.